The van der Waals surface area contributed by atoms with Crippen LogP contribution < -0.4 is 9.64 Å². The van der Waals surface area contributed by atoms with Crippen molar-refractivity contribution in [3.05, 3.63) is 73.1 Å². The number of fused-ring (bicyclic) bond motifs is 1. The first-order chi connectivity index (χ1) is 15.6. The van der Waals surface area contributed by atoms with Gasteiger partial charge in [-0.3, -0.25) is 4.98 Å². The van der Waals surface area contributed by atoms with Crippen molar-refractivity contribution in [1.82, 2.24) is 9.97 Å². The van der Waals surface area contributed by atoms with Crippen LogP contribution in [0.3, 0.4) is 0 Å². The maximum Gasteiger partial charge on any atom is 0.137 e. The fraction of sp³-hybridized carbons (Fsp3) is 0.259. The molecule has 2 atom stereocenters. The zero-order valence-electron chi connectivity index (χ0n) is 18.7. The minimum absolute atomic E-state index is 0.198. The molecule has 0 amide bonds. The molecule has 0 aliphatic carbocycles. The Morgan fingerprint density at radius 3 is 2.28 bits per heavy atom. The molecule has 0 saturated carbocycles. The van der Waals surface area contributed by atoms with Gasteiger partial charge in [0, 0.05) is 47.6 Å². The second-order valence-electron chi connectivity index (χ2n) is 8.34. The Kier molecular flexibility index (Phi) is 5.50. The lowest BCUT2D eigenvalue weighted by Crippen LogP contribution is -2.45. The van der Waals surface area contributed by atoms with Crippen LogP contribution in [0.15, 0.2) is 73.1 Å². The van der Waals surface area contributed by atoms with Crippen molar-refractivity contribution in [3.63, 3.8) is 0 Å². The van der Waals surface area contributed by atoms with E-state index in [0.29, 0.717) is 0 Å². The van der Waals surface area contributed by atoms with Crippen molar-refractivity contribution in [2.24, 2.45) is 0 Å². The van der Waals surface area contributed by atoms with E-state index in [1.54, 1.807) is 7.11 Å². The highest BCUT2D eigenvalue weighted by molar-refractivity contribution is 6.00. The minimum atomic E-state index is 0.198. The number of aromatic nitrogens is 2. The van der Waals surface area contributed by atoms with Crippen molar-refractivity contribution in [3.8, 4) is 28.0 Å². The summed E-state index contributed by atoms with van der Waals surface area (Å²) in [4.78, 5) is 11.9. The van der Waals surface area contributed by atoms with Crippen molar-refractivity contribution in [2.45, 2.75) is 26.1 Å². The van der Waals surface area contributed by atoms with Gasteiger partial charge in [-0.1, -0.05) is 42.5 Å². The summed E-state index contributed by atoms with van der Waals surface area (Å²) in [5.41, 5.74) is 5.09. The Morgan fingerprint density at radius 2 is 1.59 bits per heavy atom. The van der Waals surface area contributed by atoms with Gasteiger partial charge in [0.1, 0.15) is 11.6 Å². The molecule has 0 spiro atoms. The third-order valence-electron chi connectivity index (χ3n) is 5.94. The molecule has 1 aliphatic rings. The molecule has 0 N–H and O–H groups in total. The van der Waals surface area contributed by atoms with Gasteiger partial charge in [0.05, 0.1) is 24.8 Å². The lowest BCUT2D eigenvalue weighted by atomic mass is 9.99. The maximum atomic E-state index is 5.88. The number of pyridine rings is 2. The predicted molar refractivity (Wildman–Crippen MR) is 129 cm³/mol. The van der Waals surface area contributed by atoms with E-state index in [1.807, 2.05) is 30.6 Å². The number of nitrogens with zero attached hydrogens (tertiary/aromatic N) is 3. The van der Waals surface area contributed by atoms with Crippen molar-refractivity contribution < 1.29 is 9.47 Å². The Labute approximate surface area is 188 Å². The Hall–Kier alpha value is -3.44. The van der Waals surface area contributed by atoms with Gasteiger partial charge in [0.2, 0.25) is 0 Å². The molecule has 4 aromatic rings. The van der Waals surface area contributed by atoms with Crippen LogP contribution in [0.2, 0.25) is 0 Å². The molecule has 2 aromatic carbocycles. The molecular formula is C27H27N3O2. The van der Waals surface area contributed by atoms with Gasteiger partial charge in [-0.2, -0.15) is 0 Å². The SMILES string of the molecule is COc1c(-c2ccc(N3C[C@@H](C)O[C@@H](C)C3)nc2)cnc2c(-c3ccccc3)cccc12. The molecule has 5 heteroatoms. The molecule has 5 nitrogen and oxygen atoms in total. The van der Waals surface area contributed by atoms with Gasteiger partial charge >= 0.3 is 0 Å². The van der Waals surface area contributed by atoms with E-state index in [1.165, 1.54) is 0 Å². The number of hydrogen-bond donors (Lipinski definition) is 0. The quantitative estimate of drug-likeness (QED) is 0.427. The first kappa shape index (κ1) is 20.5. The van der Waals surface area contributed by atoms with Gasteiger partial charge in [-0.15, -0.1) is 0 Å². The molecule has 1 fully saturated rings. The smallest absolute Gasteiger partial charge is 0.137 e. The first-order valence-electron chi connectivity index (χ1n) is 11.0. The lowest BCUT2D eigenvalue weighted by molar-refractivity contribution is -0.00545. The van der Waals surface area contributed by atoms with Crippen molar-refractivity contribution >= 4 is 16.7 Å². The molecule has 5 rings (SSSR count). The molecule has 32 heavy (non-hydrogen) atoms. The van der Waals surface area contributed by atoms with Crippen LogP contribution in [0.25, 0.3) is 33.2 Å². The molecule has 0 bridgehead atoms. The van der Waals surface area contributed by atoms with Crippen molar-refractivity contribution in [2.75, 3.05) is 25.1 Å². The Morgan fingerprint density at radius 1 is 0.812 bits per heavy atom. The number of ether oxygens (including phenoxy) is 2. The molecule has 2 aromatic heterocycles. The molecule has 3 heterocycles. The normalized spacial score (nSPS) is 18.7. The molecular weight excluding hydrogens is 398 g/mol. The second-order valence-corrected chi connectivity index (χ2v) is 8.34. The highest BCUT2D eigenvalue weighted by Crippen LogP contribution is 2.38. The van der Waals surface area contributed by atoms with Crippen LogP contribution in [0, 0.1) is 0 Å². The van der Waals surface area contributed by atoms with E-state index >= 15 is 0 Å². The number of benzene rings is 2. The lowest BCUT2D eigenvalue weighted by Gasteiger charge is -2.36. The number of hydrogen-bond acceptors (Lipinski definition) is 5. The van der Waals surface area contributed by atoms with E-state index in [-0.39, 0.29) is 12.2 Å². The van der Waals surface area contributed by atoms with E-state index < -0.39 is 0 Å². The molecule has 0 unspecified atom stereocenters. The predicted octanol–water partition coefficient (Wildman–Crippen LogP) is 5.59. The summed E-state index contributed by atoms with van der Waals surface area (Å²) >= 11 is 0. The van der Waals surface area contributed by atoms with Crippen LogP contribution in [-0.2, 0) is 4.74 Å². The number of rotatable bonds is 4. The molecule has 0 radical (unpaired) electrons. The summed E-state index contributed by atoms with van der Waals surface area (Å²) in [6.07, 6.45) is 4.20. The third kappa shape index (κ3) is 3.80. The largest absolute Gasteiger partial charge is 0.495 e. The monoisotopic (exact) mass is 425 g/mol. The van der Waals surface area contributed by atoms with Gasteiger partial charge < -0.3 is 14.4 Å². The Bertz CT molecular complexity index is 1220. The van der Waals surface area contributed by atoms with E-state index in [4.69, 9.17) is 19.4 Å². The maximum absolute atomic E-state index is 5.88. The molecule has 1 aliphatic heterocycles. The summed E-state index contributed by atoms with van der Waals surface area (Å²) in [6.45, 7) is 5.90. The van der Waals surface area contributed by atoms with Gasteiger partial charge in [0.25, 0.3) is 0 Å². The van der Waals surface area contributed by atoms with Gasteiger partial charge in [0.15, 0.2) is 0 Å². The van der Waals surface area contributed by atoms with Crippen LogP contribution in [-0.4, -0.2) is 42.4 Å². The van der Waals surface area contributed by atoms with Gasteiger partial charge in [-0.25, -0.2) is 4.98 Å². The number of methoxy groups -OCH3 is 1. The van der Waals surface area contributed by atoms with Crippen LogP contribution in [0.1, 0.15) is 13.8 Å². The zero-order chi connectivity index (χ0) is 22.1. The van der Waals surface area contributed by atoms with Crippen LogP contribution in [0.4, 0.5) is 5.82 Å². The Balaban J connectivity index is 1.53. The van der Waals surface area contributed by atoms with Crippen LogP contribution in [0.5, 0.6) is 5.75 Å². The van der Waals surface area contributed by atoms with E-state index in [9.17, 15) is 0 Å². The zero-order valence-corrected chi connectivity index (χ0v) is 18.7. The highest BCUT2D eigenvalue weighted by atomic mass is 16.5. The highest BCUT2D eigenvalue weighted by Gasteiger charge is 2.23. The average Bonchev–Trinajstić information content (AvgIpc) is 2.83. The first-order valence-corrected chi connectivity index (χ1v) is 11.0. The summed E-state index contributed by atoms with van der Waals surface area (Å²) in [7, 11) is 1.71. The fourth-order valence-corrected chi connectivity index (χ4v) is 4.57. The summed E-state index contributed by atoms with van der Waals surface area (Å²) in [5.74, 6) is 1.78. The number of morpholine rings is 1. The van der Waals surface area contributed by atoms with Gasteiger partial charge in [-0.05, 0) is 37.6 Å². The fourth-order valence-electron chi connectivity index (χ4n) is 4.57. The standard InChI is InChI=1S/C27H27N3O2/c1-18-16-30(17-19(2)32-18)25-13-12-21(14-28-25)24-15-29-26-22(20-8-5-4-6-9-20)10-7-11-23(26)27(24)31-3/h4-15,18-19H,16-17H2,1-3H3/t18-,19+. The van der Waals surface area contributed by atoms with Crippen LogP contribution >= 0.6 is 0 Å². The third-order valence-corrected chi connectivity index (χ3v) is 5.94. The van der Waals surface area contributed by atoms with E-state index in [0.717, 1.165) is 57.8 Å². The average molecular weight is 426 g/mol. The summed E-state index contributed by atoms with van der Waals surface area (Å²) < 4.78 is 11.7. The topological polar surface area (TPSA) is 47.5 Å². The van der Waals surface area contributed by atoms with Crippen molar-refractivity contribution in [1.29, 1.82) is 0 Å². The molecule has 162 valence electrons. The number of para-hydroxylation sites is 1. The summed E-state index contributed by atoms with van der Waals surface area (Å²) in [5, 5.41) is 0.992. The molecule has 1 saturated heterocycles. The van der Waals surface area contributed by atoms with E-state index in [2.05, 4.69) is 61.2 Å². The second kappa shape index (κ2) is 8.60. The minimum Gasteiger partial charge on any atom is -0.495 e. The summed E-state index contributed by atoms with van der Waals surface area (Å²) in [6, 6.07) is 20.7. The number of anilines is 1.